The van der Waals surface area contributed by atoms with Crippen molar-refractivity contribution in [2.75, 3.05) is 0 Å². The number of sulfonamides is 1. The molecular weight excluding hydrogens is 603 g/mol. The first-order valence-corrected chi connectivity index (χ1v) is 18.0. The first-order chi connectivity index (χ1) is 22.6. The van der Waals surface area contributed by atoms with Crippen molar-refractivity contribution in [2.45, 2.75) is 69.7 Å². The van der Waals surface area contributed by atoms with Crippen molar-refractivity contribution in [2.24, 2.45) is 11.8 Å². The van der Waals surface area contributed by atoms with Gasteiger partial charge in [-0.25, -0.2) is 13.1 Å². The molecule has 0 fully saturated rings. The second-order valence-electron chi connectivity index (χ2n) is 13.2. The molecule has 4 aromatic carbocycles. The van der Waals surface area contributed by atoms with Crippen molar-refractivity contribution in [3.63, 3.8) is 0 Å². The summed E-state index contributed by atoms with van der Waals surface area (Å²) >= 11 is 0. The van der Waals surface area contributed by atoms with Gasteiger partial charge < -0.3 is 0 Å². The van der Waals surface area contributed by atoms with Crippen LogP contribution in [0.1, 0.15) is 84.2 Å². The highest BCUT2D eigenvalue weighted by molar-refractivity contribution is 7.89. The van der Waals surface area contributed by atoms with Gasteiger partial charge in [-0.2, -0.15) is 9.78 Å². The van der Waals surface area contributed by atoms with Crippen molar-refractivity contribution in [3.05, 3.63) is 143 Å². The summed E-state index contributed by atoms with van der Waals surface area (Å²) in [5, 5.41) is 5.17. The van der Waals surface area contributed by atoms with Gasteiger partial charge >= 0.3 is 0 Å². The number of rotatable bonds is 10. The number of nitrogens with zero attached hydrogens (tertiary/aromatic N) is 2. The molecular formula is C40H43N3O3S. The molecule has 1 aliphatic rings. The Labute approximate surface area is 278 Å². The lowest BCUT2D eigenvalue weighted by Gasteiger charge is -2.29. The van der Waals surface area contributed by atoms with Crippen molar-refractivity contribution in [3.8, 4) is 11.3 Å². The third-order valence-corrected chi connectivity index (χ3v) is 11.0. The van der Waals surface area contributed by atoms with Crippen LogP contribution in [0.15, 0.2) is 120 Å². The molecule has 6 rings (SSSR count). The van der Waals surface area contributed by atoms with Gasteiger partial charge in [0, 0.05) is 17.0 Å². The van der Waals surface area contributed by atoms with Crippen LogP contribution >= 0.6 is 0 Å². The maximum atomic E-state index is 15.3. The summed E-state index contributed by atoms with van der Waals surface area (Å²) in [7, 11) is -4.00. The minimum atomic E-state index is -4.00. The van der Waals surface area contributed by atoms with Crippen molar-refractivity contribution in [1.82, 2.24) is 14.5 Å². The molecule has 1 heterocycles. The van der Waals surface area contributed by atoms with E-state index in [-0.39, 0.29) is 22.6 Å². The predicted octanol–water partition coefficient (Wildman–Crippen LogP) is 8.71. The molecule has 1 N–H and O–H groups in total. The summed E-state index contributed by atoms with van der Waals surface area (Å²) in [4.78, 5) is 15.4. The summed E-state index contributed by atoms with van der Waals surface area (Å²) in [6, 6.07) is 35.2. The van der Waals surface area contributed by atoms with E-state index in [1.54, 1.807) is 28.9 Å². The lowest BCUT2D eigenvalue weighted by atomic mass is 9.75. The van der Waals surface area contributed by atoms with Gasteiger partial charge in [-0.05, 0) is 61.3 Å². The maximum absolute atomic E-state index is 15.3. The molecule has 1 aromatic heterocycles. The molecule has 1 aliphatic carbocycles. The molecule has 47 heavy (non-hydrogen) atoms. The van der Waals surface area contributed by atoms with Gasteiger partial charge in [-0.1, -0.05) is 129 Å². The molecule has 0 bridgehead atoms. The molecule has 4 atom stereocenters. The number of carbonyl (C=O) groups excluding carboxylic acids is 1. The van der Waals surface area contributed by atoms with Gasteiger partial charge in [0.1, 0.15) is 0 Å². The highest BCUT2D eigenvalue weighted by Crippen LogP contribution is 2.46. The van der Waals surface area contributed by atoms with E-state index in [4.69, 9.17) is 5.10 Å². The second-order valence-corrected chi connectivity index (χ2v) is 14.9. The Balaban J connectivity index is 1.55. The molecule has 0 amide bonds. The predicted molar refractivity (Wildman–Crippen MR) is 188 cm³/mol. The Hall–Kier alpha value is -4.33. The summed E-state index contributed by atoms with van der Waals surface area (Å²) in [6.07, 6.45) is 2.35. The summed E-state index contributed by atoms with van der Waals surface area (Å²) < 4.78 is 32.6. The third-order valence-electron chi connectivity index (χ3n) is 9.56. The lowest BCUT2D eigenvalue weighted by molar-refractivity contribution is 0.0791. The largest absolute Gasteiger partial charge is 0.272 e. The topological polar surface area (TPSA) is 81.1 Å². The van der Waals surface area contributed by atoms with Crippen LogP contribution in [0.5, 0.6) is 0 Å². The van der Waals surface area contributed by atoms with Crippen LogP contribution in [0.2, 0.25) is 0 Å². The van der Waals surface area contributed by atoms with Crippen LogP contribution in [0.4, 0.5) is 0 Å². The van der Waals surface area contributed by atoms with Gasteiger partial charge in [0.25, 0.3) is 5.91 Å². The van der Waals surface area contributed by atoms with Crippen molar-refractivity contribution >= 4 is 15.9 Å². The van der Waals surface area contributed by atoms with Gasteiger partial charge in [-0.3, -0.25) is 4.79 Å². The van der Waals surface area contributed by atoms with Gasteiger partial charge in [0.2, 0.25) is 10.0 Å². The van der Waals surface area contributed by atoms with E-state index >= 15 is 4.79 Å². The van der Waals surface area contributed by atoms with E-state index in [1.165, 1.54) is 0 Å². The zero-order valence-corrected chi connectivity index (χ0v) is 28.3. The molecule has 0 radical (unpaired) electrons. The quantitative estimate of drug-likeness (QED) is 0.165. The standard InChI is InChI=1S/C40H43N3O3S/c1-27(2)34-25-22-29(4)36-38(34)41-43(39(36)32-18-12-7-13-19-32)40(44)35(26-30-14-8-5-9-15-30)37(31-16-10-6-11-17-31)42-47(45,46)33-23-20-28(3)21-24-33/h5-21,23-24,27,29,34-35,37,42H,22,25-26H2,1-4H3/t29-,34-,35+,37-/m1/s1. The molecule has 0 aliphatic heterocycles. The zero-order valence-electron chi connectivity index (χ0n) is 27.5. The number of fused-ring (bicyclic) bond motifs is 1. The molecule has 5 aromatic rings. The molecule has 0 unspecified atom stereocenters. The summed E-state index contributed by atoms with van der Waals surface area (Å²) in [5.74, 6) is -0.222. The van der Waals surface area contributed by atoms with E-state index in [1.807, 2.05) is 97.9 Å². The fourth-order valence-electron chi connectivity index (χ4n) is 6.97. The van der Waals surface area contributed by atoms with Crippen LogP contribution in [0.25, 0.3) is 11.3 Å². The monoisotopic (exact) mass is 645 g/mol. The first-order valence-electron chi connectivity index (χ1n) is 16.5. The molecule has 0 saturated carbocycles. The van der Waals surface area contributed by atoms with Crippen LogP contribution < -0.4 is 4.72 Å². The average Bonchev–Trinajstić information content (AvgIpc) is 3.49. The molecule has 6 nitrogen and oxygen atoms in total. The molecule has 7 heteroatoms. The Bertz CT molecular complexity index is 1920. The van der Waals surface area contributed by atoms with E-state index < -0.39 is 22.0 Å². The summed E-state index contributed by atoms with van der Waals surface area (Å²) in [6.45, 7) is 8.58. The van der Waals surface area contributed by atoms with Crippen LogP contribution in [0.3, 0.4) is 0 Å². The smallest absolute Gasteiger partial charge is 0.252 e. The fraction of sp³-hybridized carbons (Fsp3) is 0.300. The van der Waals surface area contributed by atoms with E-state index in [9.17, 15) is 8.42 Å². The lowest BCUT2D eigenvalue weighted by Crippen LogP contribution is -2.40. The van der Waals surface area contributed by atoms with Gasteiger partial charge in [-0.15, -0.1) is 0 Å². The molecule has 0 spiro atoms. The van der Waals surface area contributed by atoms with E-state index in [2.05, 4.69) is 25.5 Å². The Morgan fingerprint density at radius 2 is 1.45 bits per heavy atom. The maximum Gasteiger partial charge on any atom is 0.252 e. The molecule has 242 valence electrons. The highest BCUT2D eigenvalue weighted by atomic mass is 32.2. The third kappa shape index (κ3) is 6.87. The Morgan fingerprint density at radius 1 is 0.851 bits per heavy atom. The first kappa shape index (κ1) is 32.6. The Kier molecular flexibility index (Phi) is 9.57. The van der Waals surface area contributed by atoms with Crippen LogP contribution in [-0.2, 0) is 16.4 Å². The van der Waals surface area contributed by atoms with Crippen LogP contribution in [-0.4, -0.2) is 24.1 Å². The molecule has 0 saturated heterocycles. The second kappa shape index (κ2) is 13.8. The minimum Gasteiger partial charge on any atom is -0.272 e. The minimum absolute atomic E-state index is 0.156. The SMILES string of the molecule is Cc1ccc(S(=O)(=O)N[C@H](c2ccccc2)[C@H](Cc2ccccc2)C(=O)n2nc3c(c2-c2ccccc2)[C@H](C)CC[C@@H]3C(C)C)cc1. The van der Waals surface area contributed by atoms with Crippen molar-refractivity contribution < 1.29 is 13.2 Å². The number of hydrogen-bond donors (Lipinski definition) is 1. The summed E-state index contributed by atoms with van der Waals surface area (Å²) in [5.41, 5.74) is 6.48. The average molecular weight is 646 g/mol. The van der Waals surface area contributed by atoms with Crippen LogP contribution in [0, 0.1) is 18.8 Å². The normalized spacial score (nSPS) is 17.6. The van der Waals surface area contributed by atoms with Crippen molar-refractivity contribution in [1.29, 1.82) is 0 Å². The van der Waals surface area contributed by atoms with E-state index in [0.29, 0.717) is 17.9 Å². The highest BCUT2D eigenvalue weighted by Gasteiger charge is 2.40. The number of aromatic nitrogens is 2. The Morgan fingerprint density at radius 3 is 2.06 bits per heavy atom. The number of aryl methyl sites for hydroxylation is 1. The number of carbonyl (C=O) groups is 1. The number of benzene rings is 4. The number of hydrogen-bond acceptors (Lipinski definition) is 4. The number of nitrogens with one attached hydrogen (secondary N) is 1. The van der Waals surface area contributed by atoms with Gasteiger partial charge in [0.05, 0.1) is 28.2 Å². The fourth-order valence-corrected chi connectivity index (χ4v) is 8.23. The van der Waals surface area contributed by atoms with E-state index in [0.717, 1.165) is 46.5 Å². The van der Waals surface area contributed by atoms with Gasteiger partial charge in [0.15, 0.2) is 0 Å². The zero-order chi connectivity index (χ0) is 33.1.